The number of ether oxygens (including phenoxy) is 1. The molecule has 88 valence electrons. The Bertz CT molecular complexity index is 423. The second-order valence-corrected chi connectivity index (χ2v) is 5.65. The summed E-state index contributed by atoms with van der Waals surface area (Å²) in [7, 11) is -3.37. The third-order valence-electron chi connectivity index (χ3n) is 2.34. The van der Waals surface area contributed by atoms with Crippen LogP contribution in [0.4, 0.5) is 0 Å². The van der Waals surface area contributed by atoms with Crippen molar-refractivity contribution in [2.24, 2.45) is 0 Å². The standard InChI is InChI=1S/C11H14O4S/c12-16(13,11-6-7-11)15-9-14-8-10-4-2-1-3-5-10/h1-5,11H,6-9H2. The van der Waals surface area contributed by atoms with Gasteiger partial charge in [-0.05, 0) is 18.4 Å². The molecule has 0 aliphatic heterocycles. The predicted octanol–water partition coefficient (Wildman–Crippen LogP) is 1.67. The molecule has 0 radical (unpaired) electrons. The Kier molecular flexibility index (Phi) is 3.58. The van der Waals surface area contributed by atoms with Gasteiger partial charge in [-0.1, -0.05) is 30.3 Å². The van der Waals surface area contributed by atoms with E-state index in [2.05, 4.69) is 0 Å². The minimum atomic E-state index is -3.37. The maximum atomic E-state index is 11.3. The third-order valence-corrected chi connectivity index (χ3v) is 4.05. The fourth-order valence-electron chi connectivity index (χ4n) is 1.29. The zero-order chi connectivity index (χ0) is 11.4. The molecule has 1 aliphatic rings. The molecule has 4 nitrogen and oxygen atoms in total. The number of benzene rings is 1. The molecule has 5 heteroatoms. The zero-order valence-corrected chi connectivity index (χ0v) is 9.65. The summed E-state index contributed by atoms with van der Waals surface area (Å²) < 4.78 is 32.5. The second kappa shape index (κ2) is 4.95. The van der Waals surface area contributed by atoms with Crippen molar-refractivity contribution < 1.29 is 17.3 Å². The van der Waals surface area contributed by atoms with E-state index in [1.165, 1.54) is 0 Å². The lowest BCUT2D eigenvalue weighted by Gasteiger charge is -2.05. The van der Waals surface area contributed by atoms with Gasteiger partial charge < -0.3 is 4.74 Å². The maximum absolute atomic E-state index is 11.3. The molecule has 1 aromatic carbocycles. The average molecular weight is 242 g/mol. The second-order valence-electron chi connectivity index (χ2n) is 3.76. The van der Waals surface area contributed by atoms with E-state index in [0.717, 1.165) is 5.56 Å². The fraction of sp³-hybridized carbons (Fsp3) is 0.455. The zero-order valence-electron chi connectivity index (χ0n) is 8.83. The van der Waals surface area contributed by atoms with Crippen molar-refractivity contribution in [2.45, 2.75) is 24.7 Å². The van der Waals surface area contributed by atoms with E-state index in [0.29, 0.717) is 19.4 Å². The van der Waals surface area contributed by atoms with Crippen LogP contribution in [0.2, 0.25) is 0 Å². The van der Waals surface area contributed by atoms with Gasteiger partial charge in [-0.2, -0.15) is 8.42 Å². The van der Waals surface area contributed by atoms with E-state index >= 15 is 0 Å². The van der Waals surface area contributed by atoms with Crippen LogP contribution in [0.25, 0.3) is 0 Å². The van der Waals surface area contributed by atoms with Gasteiger partial charge in [0.05, 0.1) is 11.9 Å². The molecule has 1 aliphatic carbocycles. The number of hydrogen-bond donors (Lipinski definition) is 0. The first-order chi connectivity index (χ1) is 7.68. The van der Waals surface area contributed by atoms with E-state index in [1.54, 1.807) is 0 Å². The third kappa shape index (κ3) is 3.30. The van der Waals surface area contributed by atoms with E-state index in [9.17, 15) is 8.42 Å². The summed E-state index contributed by atoms with van der Waals surface area (Å²) in [6, 6.07) is 9.54. The lowest BCUT2D eigenvalue weighted by Crippen LogP contribution is -2.13. The molecule has 1 aromatic rings. The highest BCUT2D eigenvalue weighted by Gasteiger charge is 2.36. The van der Waals surface area contributed by atoms with Crippen LogP contribution in [0.3, 0.4) is 0 Å². The molecular formula is C11H14O4S. The minimum Gasteiger partial charge on any atom is -0.349 e. The average Bonchev–Trinajstić information content (AvgIpc) is 3.10. The Hall–Kier alpha value is -0.910. The van der Waals surface area contributed by atoms with Gasteiger partial charge in [-0.25, -0.2) is 4.18 Å². The van der Waals surface area contributed by atoms with Crippen LogP contribution >= 0.6 is 0 Å². The van der Waals surface area contributed by atoms with Crippen LogP contribution in [-0.2, 0) is 25.6 Å². The van der Waals surface area contributed by atoms with Gasteiger partial charge >= 0.3 is 0 Å². The molecule has 0 bridgehead atoms. The van der Waals surface area contributed by atoms with Gasteiger partial charge in [0.1, 0.15) is 0 Å². The molecule has 0 amide bonds. The lowest BCUT2D eigenvalue weighted by molar-refractivity contribution is 0.00891. The quantitative estimate of drug-likeness (QED) is 0.432. The summed E-state index contributed by atoms with van der Waals surface area (Å²) in [5, 5.41) is -0.298. The van der Waals surface area contributed by atoms with E-state index in [4.69, 9.17) is 8.92 Å². The normalized spacial score (nSPS) is 16.2. The summed E-state index contributed by atoms with van der Waals surface area (Å²) >= 11 is 0. The Morgan fingerprint density at radius 2 is 1.88 bits per heavy atom. The highest BCUT2D eigenvalue weighted by Crippen LogP contribution is 2.29. The van der Waals surface area contributed by atoms with Crippen molar-refractivity contribution in [3.8, 4) is 0 Å². The molecule has 0 unspecified atom stereocenters. The Labute approximate surface area is 95.3 Å². The molecule has 16 heavy (non-hydrogen) atoms. The van der Waals surface area contributed by atoms with Gasteiger partial charge in [0.2, 0.25) is 0 Å². The first-order valence-electron chi connectivity index (χ1n) is 5.18. The van der Waals surface area contributed by atoms with Gasteiger partial charge in [-0.3, -0.25) is 0 Å². The fourth-order valence-corrected chi connectivity index (χ4v) is 2.40. The predicted molar refractivity (Wildman–Crippen MR) is 59.1 cm³/mol. The summed E-state index contributed by atoms with van der Waals surface area (Å²) in [6.07, 6.45) is 1.42. The van der Waals surface area contributed by atoms with Crippen LogP contribution in [0.1, 0.15) is 18.4 Å². The molecule has 2 rings (SSSR count). The van der Waals surface area contributed by atoms with Crippen LogP contribution in [0.5, 0.6) is 0 Å². The summed E-state index contributed by atoms with van der Waals surface area (Å²) in [4.78, 5) is 0. The summed E-state index contributed by atoms with van der Waals surface area (Å²) in [6.45, 7) is 0.161. The van der Waals surface area contributed by atoms with E-state index < -0.39 is 10.1 Å². The molecule has 1 saturated carbocycles. The lowest BCUT2D eigenvalue weighted by atomic mass is 10.2. The van der Waals surface area contributed by atoms with Crippen molar-refractivity contribution in [1.29, 1.82) is 0 Å². The Morgan fingerprint density at radius 3 is 2.50 bits per heavy atom. The summed E-state index contributed by atoms with van der Waals surface area (Å²) in [5.74, 6) is 0. The minimum absolute atomic E-state index is 0.201. The number of rotatable bonds is 6. The molecule has 0 spiro atoms. The Morgan fingerprint density at radius 1 is 1.19 bits per heavy atom. The first-order valence-corrected chi connectivity index (χ1v) is 6.65. The summed E-state index contributed by atoms with van der Waals surface area (Å²) in [5.41, 5.74) is 0.995. The molecule has 0 atom stereocenters. The van der Waals surface area contributed by atoms with Crippen LogP contribution < -0.4 is 0 Å². The van der Waals surface area contributed by atoms with Crippen molar-refractivity contribution in [3.05, 3.63) is 35.9 Å². The molecule has 0 N–H and O–H groups in total. The van der Waals surface area contributed by atoms with E-state index in [-0.39, 0.29) is 12.0 Å². The van der Waals surface area contributed by atoms with Crippen molar-refractivity contribution in [3.63, 3.8) is 0 Å². The smallest absolute Gasteiger partial charge is 0.272 e. The van der Waals surface area contributed by atoms with Gasteiger partial charge in [0.25, 0.3) is 10.1 Å². The van der Waals surface area contributed by atoms with Crippen LogP contribution in [0, 0.1) is 0 Å². The SMILES string of the molecule is O=S(=O)(OCOCc1ccccc1)C1CC1. The van der Waals surface area contributed by atoms with Gasteiger partial charge in [0.15, 0.2) is 6.79 Å². The van der Waals surface area contributed by atoms with E-state index in [1.807, 2.05) is 30.3 Å². The van der Waals surface area contributed by atoms with Crippen molar-refractivity contribution in [2.75, 3.05) is 6.79 Å². The number of hydrogen-bond acceptors (Lipinski definition) is 4. The van der Waals surface area contributed by atoms with Crippen LogP contribution in [-0.4, -0.2) is 20.5 Å². The first kappa shape index (κ1) is 11.6. The molecular weight excluding hydrogens is 228 g/mol. The largest absolute Gasteiger partial charge is 0.349 e. The maximum Gasteiger partial charge on any atom is 0.272 e. The van der Waals surface area contributed by atoms with Crippen molar-refractivity contribution >= 4 is 10.1 Å². The molecule has 0 aromatic heterocycles. The van der Waals surface area contributed by atoms with Gasteiger partial charge in [-0.15, -0.1) is 0 Å². The van der Waals surface area contributed by atoms with Crippen LogP contribution in [0.15, 0.2) is 30.3 Å². The molecule has 1 fully saturated rings. The van der Waals surface area contributed by atoms with Gasteiger partial charge in [0, 0.05) is 0 Å². The highest BCUT2D eigenvalue weighted by atomic mass is 32.2. The highest BCUT2D eigenvalue weighted by molar-refractivity contribution is 7.87. The molecule has 0 saturated heterocycles. The van der Waals surface area contributed by atoms with Crippen molar-refractivity contribution in [1.82, 2.24) is 0 Å². The topological polar surface area (TPSA) is 52.6 Å². The molecule has 0 heterocycles. The Balaban J connectivity index is 1.69. The monoisotopic (exact) mass is 242 g/mol.